The van der Waals surface area contributed by atoms with Crippen molar-refractivity contribution in [2.75, 3.05) is 45.8 Å². The number of benzene rings is 1. The number of aromatic amines is 1. The van der Waals surface area contributed by atoms with Crippen molar-refractivity contribution in [1.29, 1.82) is 0 Å². The molecule has 1 aromatic heterocycles. The van der Waals surface area contributed by atoms with E-state index in [1.165, 1.54) is 12.0 Å². The van der Waals surface area contributed by atoms with Crippen LogP contribution in [0.4, 0.5) is 0 Å². The molecule has 0 aliphatic carbocycles. The maximum absolute atomic E-state index is 12.8. The van der Waals surface area contributed by atoms with Crippen molar-refractivity contribution < 1.29 is 9.59 Å². The van der Waals surface area contributed by atoms with Crippen LogP contribution >= 0.6 is 12.2 Å². The second kappa shape index (κ2) is 10.4. The Kier molecular flexibility index (Phi) is 7.36. The molecular formula is C23H32N6O2S. The fourth-order valence-electron chi connectivity index (χ4n) is 4.40. The van der Waals surface area contributed by atoms with Gasteiger partial charge in [0.1, 0.15) is 0 Å². The maximum Gasteiger partial charge on any atom is 0.236 e. The first-order chi connectivity index (χ1) is 15.5. The van der Waals surface area contributed by atoms with Crippen LogP contribution in [0.15, 0.2) is 24.3 Å². The third kappa shape index (κ3) is 5.45. The SMILES string of the molecule is Cc1ccc(-c2n[nH]c(=S)n2CCC(=O)N2CCN(CC(=O)N3CCCCC3)CC2)cc1. The molecule has 0 radical (unpaired) electrons. The molecule has 2 aliphatic heterocycles. The number of piperazine rings is 1. The van der Waals surface area contributed by atoms with Gasteiger partial charge in [0, 0.05) is 57.8 Å². The van der Waals surface area contributed by atoms with Gasteiger partial charge in [0.15, 0.2) is 10.6 Å². The largest absolute Gasteiger partial charge is 0.342 e. The number of carbonyl (C=O) groups is 2. The molecule has 0 saturated carbocycles. The average Bonchev–Trinajstić information content (AvgIpc) is 3.19. The maximum atomic E-state index is 12.8. The Morgan fingerprint density at radius 3 is 2.28 bits per heavy atom. The minimum Gasteiger partial charge on any atom is -0.342 e. The molecule has 9 heteroatoms. The smallest absolute Gasteiger partial charge is 0.236 e. The average molecular weight is 457 g/mol. The summed E-state index contributed by atoms with van der Waals surface area (Å²) in [6.07, 6.45) is 3.82. The van der Waals surface area contributed by atoms with Crippen LogP contribution in [-0.4, -0.2) is 87.1 Å². The zero-order valence-corrected chi connectivity index (χ0v) is 19.6. The Morgan fingerprint density at radius 1 is 0.938 bits per heavy atom. The zero-order valence-electron chi connectivity index (χ0n) is 18.8. The summed E-state index contributed by atoms with van der Waals surface area (Å²) >= 11 is 5.39. The molecule has 0 spiro atoms. The van der Waals surface area contributed by atoms with E-state index >= 15 is 0 Å². The number of aryl methyl sites for hydroxylation is 1. The molecular weight excluding hydrogens is 424 g/mol. The predicted octanol–water partition coefficient (Wildman–Crippen LogP) is 2.46. The molecule has 32 heavy (non-hydrogen) atoms. The number of H-pyrrole nitrogens is 1. The number of hydrogen-bond acceptors (Lipinski definition) is 5. The summed E-state index contributed by atoms with van der Waals surface area (Å²) in [6, 6.07) is 8.11. The highest BCUT2D eigenvalue weighted by Gasteiger charge is 2.25. The minimum atomic E-state index is 0.116. The quantitative estimate of drug-likeness (QED) is 0.676. The number of amides is 2. The second-order valence-electron chi connectivity index (χ2n) is 8.72. The summed E-state index contributed by atoms with van der Waals surface area (Å²) in [5.41, 5.74) is 2.16. The van der Waals surface area contributed by atoms with Crippen molar-refractivity contribution in [3.63, 3.8) is 0 Å². The van der Waals surface area contributed by atoms with E-state index in [2.05, 4.69) is 15.1 Å². The Labute approximate surface area is 194 Å². The Balaban J connectivity index is 1.27. The van der Waals surface area contributed by atoms with Gasteiger partial charge >= 0.3 is 0 Å². The van der Waals surface area contributed by atoms with E-state index in [1.54, 1.807) is 0 Å². The molecule has 3 heterocycles. The topological polar surface area (TPSA) is 77.5 Å². The number of aromatic nitrogens is 3. The number of piperidine rings is 1. The molecule has 0 atom stereocenters. The summed E-state index contributed by atoms with van der Waals surface area (Å²) in [6.45, 7) is 7.58. The normalized spacial score (nSPS) is 17.5. The molecule has 2 saturated heterocycles. The highest BCUT2D eigenvalue weighted by atomic mass is 32.1. The standard InChI is InChI=1S/C23H32N6O2S/c1-18-5-7-19(8-6-18)22-24-25-23(32)29(22)12-9-20(30)28-15-13-26(14-16-28)17-21(31)27-10-3-2-4-11-27/h5-8H,2-4,9-17H2,1H3,(H,25,32). The summed E-state index contributed by atoms with van der Waals surface area (Å²) < 4.78 is 2.42. The lowest BCUT2D eigenvalue weighted by Gasteiger charge is -2.36. The van der Waals surface area contributed by atoms with Crippen LogP contribution in [0.5, 0.6) is 0 Å². The summed E-state index contributed by atoms with van der Waals surface area (Å²) in [4.78, 5) is 31.4. The van der Waals surface area contributed by atoms with E-state index in [0.717, 1.165) is 50.4 Å². The van der Waals surface area contributed by atoms with E-state index in [-0.39, 0.29) is 11.8 Å². The third-order valence-electron chi connectivity index (χ3n) is 6.41. The zero-order chi connectivity index (χ0) is 22.5. The van der Waals surface area contributed by atoms with E-state index in [1.807, 2.05) is 45.6 Å². The first-order valence-corrected chi connectivity index (χ1v) is 11.9. The van der Waals surface area contributed by atoms with Crippen molar-refractivity contribution >= 4 is 24.0 Å². The fraction of sp³-hybridized carbons (Fsp3) is 0.565. The van der Waals surface area contributed by atoms with Gasteiger partial charge in [0.2, 0.25) is 11.8 Å². The lowest BCUT2D eigenvalue weighted by Crippen LogP contribution is -2.52. The van der Waals surface area contributed by atoms with E-state index in [4.69, 9.17) is 12.2 Å². The second-order valence-corrected chi connectivity index (χ2v) is 9.11. The van der Waals surface area contributed by atoms with Crippen molar-refractivity contribution in [2.45, 2.75) is 39.2 Å². The Morgan fingerprint density at radius 2 is 1.59 bits per heavy atom. The number of nitrogens with one attached hydrogen (secondary N) is 1. The highest BCUT2D eigenvalue weighted by Crippen LogP contribution is 2.18. The van der Waals surface area contributed by atoms with Crippen molar-refractivity contribution in [2.24, 2.45) is 0 Å². The van der Waals surface area contributed by atoms with Crippen LogP contribution < -0.4 is 0 Å². The molecule has 2 amide bonds. The highest BCUT2D eigenvalue weighted by molar-refractivity contribution is 7.71. The molecule has 0 unspecified atom stereocenters. The molecule has 8 nitrogen and oxygen atoms in total. The van der Waals surface area contributed by atoms with Crippen LogP contribution in [0, 0.1) is 11.7 Å². The molecule has 2 aliphatic rings. The first-order valence-electron chi connectivity index (χ1n) is 11.5. The van der Waals surface area contributed by atoms with Crippen LogP contribution in [-0.2, 0) is 16.1 Å². The van der Waals surface area contributed by atoms with Crippen LogP contribution in [0.1, 0.15) is 31.2 Å². The van der Waals surface area contributed by atoms with Gasteiger partial charge in [-0.3, -0.25) is 24.2 Å². The minimum absolute atomic E-state index is 0.116. The van der Waals surface area contributed by atoms with E-state index in [9.17, 15) is 9.59 Å². The number of carbonyl (C=O) groups excluding carboxylic acids is 2. The number of rotatable bonds is 6. The van der Waals surface area contributed by atoms with E-state index in [0.29, 0.717) is 37.4 Å². The molecule has 172 valence electrons. The van der Waals surface area contributed by atoms with Gasteiger partial charge in [0.05, 0.1) is 6.54 Å². The number of hydrogen-bond donors (Lipinski definition) is 1. The summed E-state index contributed by atoms with van der Waals surface area (Å²) in [5.74, 6) is 1.09. The van der Waals surface area contributed by atoms with Gasteiger partial charge in [-0.25, -0.2) is 0 Å². The molecule has 1 N–H and O–H groups in total. The fourth-order valence-corrected chi connectivity index (χ4v) is 4.63. The molecule has 2 aromatic rings. The lowest BCUT2D eigenvalue weighted by molar-refractivity contribution is -0.135. The van der Waals surface area contributed by atoms with Crippen LogP contribution in [0.25, 0.3) is 11.4 Å². The number of likely N-dealkylation sites (tertiary alicyclic amines) is 1. The van der Waals surface area contributed by atoms with Gasteiger partial charge in [-0.2, -0.15) is 5.10 Å². The van der Waals surface area contributed by atoms with Gasteiger partial charge in [0.25, 0.3) is 0 Å². The van der Waals surface area contributed by atoms with Crippen molar-refractivity contribution in [1.82, 2.24) is 29.5 Å². The summed E-state index contributed by atoms with van der Waals surface area (Å²) in [5, 5.41) is 7.21. The van der Waals surface area contributed by atoms with E-state index < -0.39 is 0 Å². The lowest BCUT2D eigenvalue weighted by atomic mass is 10.1. The van der Waals surface area contributed by atoms with Crippen LogP contribution in [0.2, 0.25) is 0 Å². The van der Waals surface area contributed by atoms with Crippen molar-refractivity contribution in [3.8, 4) is 11.4 Å². The Bertz CT molecular complexity index is 985. The number of nitrogens with zero attached hydrogens (tertiary/aromatic N) is 5. The van der Waals surface area contributed by atoms with Crippen LogP contribution in [0.3, 0.4) is 0 Å². The van der Waals surface area contributed by atoms with Gasteiger partial charge in [-0.15, -0.1) is 0 Å². The monoisotopic (exact) mass is 456 g/mol. The first kappa shape index (κ1) is 22.7. The molecule has 1 aromatic carbocycles. The predicted molar refractivity (Wildman–Crippen MR) is 126 cm³/mol. The summed E-state index contributed by atoms with van der Waals surface area (Å²) in [7, 11) is 0. The van der Waals surface area contributed by atoms with Gasteiger partial charge in [-0.1, -0.05) is 29.8 Å². The molecule has 4 rings (SSSR count). The Hall–Kier alpha value is -2.52. The molecule has 2 fully saturated rings. The van der Waals surface area contributed by atoms with Gasteiger partial charge < -0.3 is 9.80 Å². The third-order valence-corrected chi connectivity index (χ3v) is 6.72. The van der Waals surface area contributed by atoms with Crippen molar-refractivity contribution in [3.05, 3.63) is 34.6 Å². The molecule has 0 bridgehead atoms. The van der Waals surface area contributed by atoms with Gasteiger partial charge in [-0.05, 0) is 38.4 Å².